The molecule has 0 radical (unpaired) electrons. The summed E-state index contributed by atoms with van der Waals surface area (Å²) < 4.78 is 6.74. The Hall–Kier alpha value is -1.13. The minimum absolute atomic E-state index is 0.0138. The topological polar surface area (TPSA) is 93.8 Å². The summed E-state index contributed by atoms with van der Waals surface area (Å²) >= 11 is 4.37. The summed E-state index contributed by atoms with van der Waals surface area (Å²) in [5, 5.41) is 14.8. The number of carbonyl (C=O) groups excluding carboxylic acids is 1. The van der Waals surface area contributed by atoms with Gasteiger partial charge < -0.3 is 9.84 Å². The van der Waals surface area contributed by atoms with E-state index in [1.54, 1.807) is 6.92 Å². The molecule has 22 heavy (non-hydrogen) atoms. The second kappa shape index (κ2) is 8.49. The van der Waals surface area contributed by atoms with E-state index in [0.29, 0.717) is 24.0 Å². The summed E-state index contributed by atoms with van der Waals surface area (Å²) in [5.41, 5.74) is 0. The molecule has 120 valence electrons. The van der Waals surface area contributed by atoms with E-state index >= 15 is 0 Å². The molecule has 2 rings (SSSR count). The molecular weight excluding hydrogens is 342 g/mol. The van der Waals surface area contributed by atoms with Crippen LogP contribution in [0.15, 0.2) is 13.2 Å². The van der Waals surface area contributed by atoms with Crippen molar-refractivity contribution in [3.05, 3.63) is 11.7 Å². The lowest BCUT2D eigenvalue weighted by Crippen LogP contribution is -2.25. The van der Waals surface area contributed by atoms with Gasteiger partial charge >= 0.3 is 0 Å². The zero-order chi connectivity index (χ0) is 15.9. The molecule has 1 amide bonds. The van der Waals surface area contributed by atoms with E-state index < -0.39 is 0 Å². The number of aromatic nitrogens is 4. The number of hydrogen-bond acceptors (Lipinski definition) is 9. The fraction of sp³-hybridized carbons (Fsp3) is 0.583. The summed E-state index contributed by atoms with van der Waals surface area (Å²) in [7, 11) is 0. The maximum absolute atomic E-state index is 11.5. The first-order chi connectivity index (χ1) is 10.6. The van der Waals surface area contributed by atoms with Crippen molar-refractivity contribution in [1.29, 1.82) is 0 Å². The number of thioether (sulfide) groups is 2. The van der Waals surface area contributed by atoms with Crippen LogP contribution >= 0.6 is 34.9 Å². The van der Waals surface area contributed by atoms with Gasteiger partial charge in [-0.05, 0) is 20.3 Å². The third-order valence-corrected chi connectivity index (χ3v) is 5.68. The second-order valence-electron chi connectivity index (χ2n) is 4.41. The lowest BCUT2D eigenvalue weighted by atomic mass is 10.5. The molecule has 0 saturated heterocycles. The van der Waals surface area contributed by atoms with Crippen molar-refractivity contribution < 1.29 is 9.32 Å². The molecule has 1 unspecified atom stereocenters. The van der Waals surface area contributed by atoms with Crippen molar-refractivity contribution in [3.8, 4) is 0 Å². The Bertz CT molecular complexity index is 615. The van der Waals surface area contributed by atoms with Gasteiger partial charge in [-0.1, -0.05) is 46.9 Å². The molecular formula is C12H17N5O2S3. The predicted molar refractivity (Wildman–Crippen MR) is 87.2 cm³/mol. The van der Waals surface area contributed by atoms with Gasteiger partial charge in [0, 0.05) is 6.54 Å². The van der Waals surface area contributed by atoms with Crippen LogP contribution in [0.25, 0.3) is 0 Å². The van der Waals surface area contributed by atoms with Gasteiger partial charge in [0.25, 0.3) is 0 Å². The quantitative estimate of drug-likeness (QED) is 0.719. The van der Waals surface area contributed by atoms with Gasteiger partial charge in [-0.2, -0.15) is 4.98 Å². The molecule has 7 nitrogen and oxygen atoms in total. The van der Waals surface area contributed by atoms with Crippen molar-refractivity contribution in [3.63, 3.8) is 0 Å². The van der Waals surface area contributed by atoms with Gasteiger partial charge in [0.05, 0.1) is 11.0 Å². The molecule has 0 saturated carbocycles. The molecule has 2 aromatic heterocycles. The van der Waals surface area contributed by atoms with Crippen molar-refractivity contribution in [2.24, 2.45) is 0 Å². The fourth-order valence-corrected chi connectivity index (χ4v) is 4.45. The number of hydrogen-bond donors (Lipinski definition) is 1. The van der Waals surface area contributed by atoms with Gasteiger partial charge in [-0.3, -0.25) is 4.79 Å². The number of carbonyl (C=O) groups is 1. The van der Waals surface area contributed by atoms with Crippen LogP contribution in [0.1, 0.15) is 37.2 Å². The lowest BCUT2D eigenvalue weighted by molar-refractivity contribution is -0.118. The molecule has 10 heteroatoms. The minimum atomic E-state index is 0.0138. The van der Waals surface area contributed by atoms with Crippen LogP contribution in [-0.4, -0.2) is 38.5 Å². The normalized spacial score (nSPS) is 12.3. The number of aryl methyl sites for hydroxylation is 1. The standard InChI is InChI=1S/C12H17N5O2S3/c1-4-5-13-9(18)6-20-11-15-16-12(22-11)21-7(2)10-14-8(3)17-19-10/h7H,4-6H2,1-3H3,(H,13,18). The lowest BCUT2D eigenvalue weighted by Gasteiger charge is -2.01. The highest BCUT2D eigenvalue weighted by Crippen LogP contribution is 2.37. The van der Waals surface area contributed by atoms with Crippen molar-refractivity contribution in [2.75, 3.05) is 12.3 Å². The maximum Gasteiger partial charge on any atom is 0.239 e. The highest BCUT2D eigenvalue weighted by molar-refractivity contribution is 8.03. The number of nitrogens with one attached hydrogen (secondary N) is 1. The molecule has 0 spiro atoms. The molecule has 0 fully saturated rings. The molecule has 2 heterocycles. The van der Waals surface area contributed by atoms with Crippen LogP contribution in [0.5, 0.6) is 0 Å². The molecule has 1 N–H and O–H groups in total. The average molecular weight is 360 g/mol. The summed E-state index contributed by atoms with van der Waals surface area (Å²) in [6.07, 6.45) is 0.934. The Balaban J connectivity index is 1.82. The van der Waals surface area contributed by atoms with E-state index in [2.05, 4.69) is 25.7 Å². The Labute approximate surface area is 141 Å². The van der Waals surface area contributed by atoms with Gasteiger partial charge in [0.1, 0.15) is 0 Å². The summed E-state index contributed by atoms with van der Waals surface area (Å²) in [6.45, 7) is 6.49. The van der Waals surface area contributed by atoms with Crippen molar-refractivity contribution in [2.45, 2.75) is 41.1 Å². The Morgan fingerprint density at radius 2 is 2.18 bits per heavy atom. The van der Waals surface area contributed by atoms with Gasteiger partial charge in [0.2, 0.25) is 11.8 Å². The molecule has 0 aliphatic carbocycles. The van der Waals surface area contributed by atoms with Crippen LogP contribution in [0.4, 0.5) is 0 Å². The molecule has 0 bridgehead atoms. The minimum Gasteiger partial charge on any atom is -0.355 e. The zero-order valence-corrected chi connectivity index (χ0v) is 15.0. The Morgan fingerprint density at radius 3 is 2.86 bits per heavy atom. The molecule has 1 atom stereocenters. The summed E-state index contributed by atoms with van der Waals surface area (Å²) in [4.78, 5) is 15.7. The van der Waals surface area contributed by atoms with E-state index in [-0.39, 0.29) is 11.2 Å². The number of rotatable bonds is 8. The van der Waals surface area contributed by atoms with Gasteiger partial charge in [-0.15, -0.1) is 10.2 Å². The van der Waals surface area contributed by atoms with Crippen LogP contribution in [0.2, 0.25) is 0 Å². The highest BCUT2D eigenvalue weighted by Gasteiger charge is 2.17. The van der Waals surface area contributed by atoms with Crippen LogP contribution in [0.3, 0.4) is 0 Å². The summed E-state index contributed by atoms with van der Waals surface area (Å²) in [6, 6.07) is 0. The Morgan fingerprint density at radius 1 is 1.41 bits per heavy atom. The number of nitrogens with zero attached hydrogens (tertiary/aromatic N) is 4. The van der Waals surface area contributed by atoms with E-state index in [1.807, 2.05) is 13.8 Å². The molecule has 0 aliphatic heterocycles. The SMILES string of the molecule is CCCNC(=O)CSc1nnc(SC(C)c2nc(C)no2)s1. The second-order valence-corrected chi connectivity index (χ2v) is 8.20. The number of amides is 1. The highest BCUT2D eigenvalue weighted by atomic mass is 32.2. The molecule has 0 aromatic carbocycles. The van der Waals surface area contributed by atoms with Crippen LogP contribution in [0, 0.1) is 6.92 Å². The first kappa shape index (κ1) is 17.2. The van der Waals surface area contributed by atoms with E-state index in [0.717, 1.165) is 15.1 Å². The van der Waals surface area contributed by atoms with E-state index in [1.165, 1.54) is 34.9 Å². The predicted octanol–water partition coefficient (Wildman–Crippen LogP) is 2.70. The van der Waals surface area contributed by atoms with E-state index in [4.69, 9.17) is 4.52 Å². The first-order valence-electron chi connectivity index (χ1n) is 6.78. The monoisotopic (exact) mass is 359 g/mol. The maximum atomic E-state index is 11.5. The van der Waals surface area contributed by atoms with E-state index in [9.17, 15) is 4.79 Å². The van der Waals surface area contributed by atoms with Crippen molar-refractivity contribution >= 4 is 40.8 Å². The fourth-order valence-electron chi connectivity index (χ4n) is 1.43. The first-order valence-corrected chi connectivity index (χ1v) is 9.46. The average Bonchev–Trinajstić information content (AvgIpc) is 3.12. The Kier molecular flexibility index (Phi) is 6.65. The van der Waals surface area contributed by atoms with Gasteiger partial charge in [-0.25, -0.2) is 0 Å². The van der Waals surface area contributed by atoms with Crippen LogP contribution in [-0.2, 0) is 4.79 Å². The van der Waals surface area contributed by atoms with Crippen molar-refractivity contribution in [1.82, 2.24) is 25.7 Å². The zero-order valence-electron chi connectivity index (χ0n) is 12.5. The van der Waals surface area contributed by atoms with Crippen LogP contribution < -0.4 is 5.32 Å². The molecule has 2 aromatic rings. The third-order valence-electron chi connectivity index (χ3n) is 2.46. The largest absolute Gasteiger partial charge is 0.355 e. The smallest absolute Gasteiger partial charge is 0.239 e. The third kappa shape index (κ3) is 5.25. The molecule has 0 aliphatic rings. The summed E-state index contributed by atoms with van der Waals surface area (Å²) in [5.74, 6) is 1.57. The van der Waals surface area contributed by atoms with Gasteiger partial charge in [0.15, 0.2) is 14.5 Å².